The lowest BCUT2D eigenvalue weighted by Gasteiger charge is -2.13. The lowest BCUT2D eigenvalue weighted by molar-refractivity contribution is 0.259. The zero-order valence-electron chi connectivity index (χ0n) is 11.6. The normalized spacial score (nSPS) is 10.6. The van der Waals surface area contributed by atoms with Crippen LogP contribution in [0.4, 0.5) is 0 Å². The van der Waals surface area contributed by atoms with Gasteiger partial charge < -0.3 is 14.8 Å². The molecule has 2 rings (SSSR count). The molecule has 1 N–H and O–H groups in total. The van der Waals surface area contributed by atoms with E-state index in [2.05, 4.69) is 36.2 Å². The number of nitrogens with zero attached hydrogens (tertiary/aromatic N) is 2. The Bertz CT molecular complexity index is 586. The van der Waals surface area contributed by atoms with Gasteiger partial charge in [0, 0.05) is 6.54 Å². The van der Waals surface area contributed by atoms with Crippen LogP contribution in [0.1, 0.15) is 17.0 Å². The Hall–Kier alpha value is -1.60. The third kappa shape index (κ3) is 3.29. The summed E-state index contributed by atoms with van der Waals surface area (Å²) in [6, 6.07) is 3.92. The van der Waals surface area contributed by atoms with E-state index in [1.165, 1.54) is 0 Å². The number of aromatic nitrogens is 2. The van der Waals surface area contributed by atoms with Gasteiger partial charge in [-0.15, -0.1) is 0 Å². The first kappa shape index (κ1) is 14.8. The number of nitrogens with one attached hydrogen (secondary N) is 1. The van der Waals surface area contributed by atoms with Gasteiger partial charge in [0.1, 0.15) is 18.0 Å². The number of hydrogen-bond acceptors (Lipinski definition) is 6. The topological polar surface area (TPSA) is 69.4 Å². The summed E-state index contributed by atoms with van der Waals surface area (Å²) >= 11 is 3.50. The minimum Gasteiger partial charge on any atom is -0.493 e. The quantitative estimate of drug-likeness (QED) is 0.870. The monoisotopic (exact) mass is 341 g/mol. The Kier molecular flexibility index (Phi) is 4.97. The number of rotatable bonds is 6. The Balaban J connectivity index is 2.20. The summed E-state index contributed by atoms with van der Waals surface area (Å²) in [5.74, 6) is 1.30. The Morgan fingerprint density at radius 3 is 2.75 bits per heavy atom. The van der Waals surface area contributed by atoms with Crippen molar-refractivity contribution in [1.29, 1.82) is 0 Å². The van der Waals surface area contributed by atoms with Gasteiger partial charge in [-0.25, -0.2) is 4.63 Å². The van der Waals surface area contributed by atoms with E-state index in [0.717, 1.165) is 16.6 Å². The standard InChI is InChI=1S/C13H16BrN3O3/c1-8-11(17-20-16-8)7-19-13-10(14)4-9(6-15-2)5-12(13)18-3/h4-5,15H,6-7H2,1-3H3. The Morgan fingerprint density at radius 1 is 1.35 bits per heavy atom. The number of aryl methyl sites for hydroxylation is 1. The van der Waals surface area contributed by atoms with Crippen molar-refractivity contribution in [3.8, 4) is 11.5 Å². The van der Waals surface area contributed by atoms with E-state index >= 15 is 0 Å². The second-order valence-electron chi connectivity index (χ2n) is 4.22. The van der Waals surface area contributed by atoms with Crippen LogP contribution >= 0.6 is 15.9 Å². The Morgan fingerprint density at radius 2 is 2.15 bits per heavy atom. The van der Waals surface area contributed by atoms with E-state index in [0.29, 0.717) is 22.9 Å². The molecular weight excluding hydrogens is 326 g/mol. The second-order valence-corrected chi connectivity index (χ2v) is 5.08. The van der Waals surface area contributed by atoms with Crippen molar-refractivity contribution in [2.75, 3.05) is 14.2 Å². The van der Waals surface area contributed by atoms with E-state index in [4.69, 9.17) is 9.47 Å². The molecule has 7 heteroatoms. The van der Waals surface area contributed by atoms with E-state index in [9.17, 15) is 0 Å². The molecule has 0 saturated heterocycles. The number of ether oxygens (including phenoxy) is 2. The predicted molar refractivity (Wildman–Crippen MR) is 76.8 cm³/mol. The van der Waals surface area contributed by atoms with Gasteiger partial charge in [-0.2, -0.15) is 0 Å². The highest BCUT2D eigenvalue weighted by molar-refractivity contribution is 9.10. The second kappa shape index (κ2) is 6.71. The van der Waals surface area contributed by atoms with Crippen molar-refractivity contribution in [3.63, 3.8) is 0 Å². The van der Waals surface area contributed by atoms with Crippen molar-refractivity contribution in [2.45, 2.75) is 20.1 Å². The summed E-state index contributed by atoms with van der Waals surface area (Å²) in [4.78, 5) is 0. The molecule has 1 heterocycles. The maximum Gasteiger partial charge on any atom is 0.175 e. The van der Waals surface area contributed by atoms with Gasteiger partial charge in [0.15, 0.2) is 11.5 Å². The molecule has 6 nitrogen and oxygen atoms in total. The van der Waals surface area contributed by atoms with Crippen molar-refractivity contribution >= 4 is 15.9 Å². The zero-order valence-corrected chi connectivity index (χ0v) is 13.2. The highest BCUT2D eigenvalue weighted by atomic mass is 79.9. The predicted octanol–water partition coefficient (Wildman–Crippen LogP) is 2.45. The zero-order chi connectivity index (χ0) is 14.5. The third-order valence-electron chi connectivity index (χ3n) is 2.77. The third-order valence-corrected chi connectivity index (χ3v) is 3.36. The van der Waals surface area contributed by atoms with Crippen molar-refractivity contribution in [3.05, 3.63) is 33.6 Å². The smallest absolute Gasteiger partial charge is 0.175 e. The van der Waals surface area contributed by atoms with Crippen LogP contribution in [-0.2, 0) is 13.2 Å². The van der Waals surface area contributed by atoms with Gasteiger partial charge in [-0.05, 0) is 47.6 Å². The molecule has 0 fully saturated rings. The molecule has 0 aliphatic rings. The molecule has 0 unspecified atom stereocenters. The highest BCUT2D eigenvalue weighted by Crippen LogP contribution is 2.37. The summed E-state index contributed by atoms with van der Waals surface area (Å²) < 4.78 is 16.6. The lowest BCUT2D eigenvalue weighted by Crippen LogP contribution is -2.06. The molecule has 0 aliphatic heterocycles. The van der Waals surface area contributed by atoms with Crippen LogP contribution in [0.25, 0.3) is 0 Å². The summed E-state index contributed by atoms with van der Waals surface area (Å²) in [5, 5.41) is 10.6. The van der Waals surface area contributed by atoms with Crippen LogP contribution in [-0.4, -0.2) is 24.5 Å². The van der Waals surface area contributed by atoms with Crippen LogP contribution in [0, 0.1) is 6.92 Å². The first-order valence-corrected chi connectivity index (χ1v) is 6.86. The fourth-order valence-corrected chi connectivity index (χ4v) is 2.34. The minimum atomic E-state index is 0.273. The molecule has 0 radical (unpaired) electrons. The van der Waals surface area contributed by atoms with E-state index < -0.39 is 0 Å². The molecule has 0 saturated carbocycles. The summed E-state index contributed by atoms with van der Waals surface area (Å²) in [7, 11) is 3.51. The molecule has 0 spiro atoms. The molecular formula is C13H16BrN3O3. The van der Waals surface area contributed by atoms with Gasteiger partial charge in [-0.3, -0.25) is 0 Å². The minimum absolute atomic E-state index is 0.273. The maximum atomic E-state index is 5.76. The molecule has 1 aromatic carbocycles. The average molecular weight is 342 g/mol. The van der Waals surface area contributed by atoms with Crippen LogP contribution < -0.4 is 14.8 Å². The SMILES string of the molecule is CNCc1cc(Br)c(OCc2nonc2C)c(OC)c1. The van der Waals surface area contributed by atoms with Gasteiger partial charge >= 0.3 is 0 Å². The van der Waals surface area contributed by atoms with Crippen molar-refractivity contribution in [2.24, 2.45) is 0 Å². The fourth-order valence-electron chi connectivity index (χ4n) is 1.74. The number of methoxy groups -OCH3 is 1. The lowest BCUT2D eigenvalue weighted by atomic mass is 10.2. The maximum absolute atomic E-state index is 5.76. The summed E-state index contributed by atoms with van der Waals surface area (Å²) in [6.07, 6.45) is 0. The van der Waals surface area contributed by atoms with Gasteiger partial charge in [0.2, 0.25) is 0 Å². The van der Waals surface area contributed by atoms with Crippen LogP contribution in [0.15, 0.2) is 21.2 Å². The Labute approximate surface area is 125 Å². The number of hydrogen-bond donors (Lipinski definition) is 1. The van der Waals surface area contributed by atoms with Gasteiger partial charge in [0.05, 0.1) is 11.6 Å². The van der Waals surface area contributed by atoms with E-state index in [-0.39, 0.29) is 6.61 Å². The molecule has 20 heavy (non-hydrogen) atoms. The molecule has 0 bridgehead atoms. The molecule has 0 amide bonds. The molecule has 0 atom stereocenters. The number of halogens is 1. The van der Waals surface area contributed by atoms with E-state index in [1.807, 2.05) is 26.1 Å². The molecule has 1 aromatic heterocycles. The van der Waals surface area contributed by atoms with Crippen LogP contribution in [0.2, 0.25) is 0 Å². The van der Waals surface area contributed by atoms with Crippen molar-refractivity contribution < 1.29 is 14.1 Å². The van der Waals surface area contributed by atoms with Gasteiger partial charge in [0.25, 0.3) is 0 Å². The number of benzene rings is 1. The molecule has 2 aromatic rings. The van der Waals surface area contributed by atoms with E-state index in [1.54, 1.807) is 7.11 Å². The fraction of sp³-hybridized carbons (Fsp3) is 0.385. The van der Waals surface area contributed by atoms with Crippen LogP contribution in [0.5, 0.6) is 11.5 Å². The highest BCUT2D eigenvalue weighted by Gasteiger charge is 2.13. The summed E-state index contributed by atoms with van der Waals surface area (Å²) in [5.41, 5.74) is 2.48. The molecule has 108 valence electrons. The average Bonchev–Trinajstić information content (AvgIpc) is 2.83. The van der Waals surface area contributed by atoms with Crippen molar-refractivity contribution in [1.82, 2.24) is 15.6 Å². The largest absolute Gasteiger partial charge is 0.493 e. The summed E-state index contributed by atoms with van der Waals surface area (Å²) in [6.45, 7) is 2.84. The first-order valence-electron chi connectivity index (χ1n) is 6.07. The van der Waals surface area contributed by atoms with Gasteiger partial charge in [-0.1, -0.05) is 10.3 Å². The first-order chi connectivity index (χ1) is 9.65. The van der Waals surface area contributed by atoms with Crippen LogP contribution in [0.3, 0.4) is 0 Å². The molecule has 0 aliphatic carbocycles.